The average Bonchev–Trinajstić information content (AvgIpc) is 2.44. The molecule has 0 fully saturated rings. The number of nitrogens with zero attached hydrogens (tertiary/aromatic N) is 1. The summed E-state index contributed by atoms with van der Waals surface area (Å²) < 4.78 is 27.6. The first-order valence-corrected chi connectivity index (χ1v) is 9.58. The Morgan fingerprint density at radius 2 is 1.74 bits per heavy atom. The number of nitrogens with two attached hydrogens (primary N) is 2. The molecule has 132 valence electrons. The van der Waals surface area contributed by atoms with E-state index in [2.05, 4.69) is 13.8 Å². The first-order chi connectivity index (χ1) is 10.6. The summed E-state index contributed by atoms with van der Waals surface area (Å²) in [4.78, 5) is 0.293. The fourth-order valence-corrected chi connectivity index (χ4v) is 4.37. The van der Waals surface area contributed by atoms with E-state index >= 15 is 0 Å². The molecule has 0 spiro atoms. The molecule has 6 heteroatoms. The summed E-state index contributed by atoms with van der Waals surface area (Å²) in [5, 5.41) is 0. The zero-order chi connectivity index (χ0) is 17.7. The lowest BCUT2D eigenvalue weighted by molar-refractivity contribution is 0.227. The number of hydrogen-bond donors (Lipinski definition) is 2. The van der Waals surface area contributed by atoms with E-state index in [1.807, 2.05) is 13.8 Å². The van der Waals surface area contributed by atoms with Crippen LogP contribution in [0, 0.1) is 11.3 Å². The molecule has 0 amide bonds. The van der Waals surface area contributed by atoms with E-state index in [0.717, 1.165) is 12.8 Å². The summed E-state index contributed by atoms with van der Waals surface area (Å²) in [5.74, 6) is 0.254. The maximum absolute atomic E-state index is 13.0. The highest BCUT2D eigenvalue weighted by atomic mass is 32.2. The number of hydrogen-bond acceptors (Lipinski definition) is 4. The van der Waals surface area contributed by atoms with Gasteiger partial charge in [0.05, 0.1) is 4.90 Å². The summed E-state index contributed by atoms with van der Waals surface area (Å²) in [6.45, 7) is 9.84. The summed E-state index contributed by atoms with van der Waals surface area (Å²) in [7, 11) is -3.52. The van der Waals surface area contributed by atoms with Crippen LogP contribution in [-0.2, 0) is 10.0 Å². The molecule has 0 atom stereocenters. The highest BCUT2D eigenvalue weighted by molar-refractivity contribution is 7.89. The van der Waals surface area contributed by atoms with Gasteiger partial charge in [0, 0.05) is 18.8 Å². The third-order valence-electron chi connectivity index (χ3n) is 3.75. The molecule has 0 aliphatic rings. The molecular weight excluding hydrogens is 310 g/mol. The minimum atomic E-state index is -3.52. The third kappa shape index (κ3) is 6.12. The van der Waals surface area contributed by atoms with Crippen LogP contribution in [0.4, 0.5) is 5.69 Å². The molecule has 1 rings (SSSR count). The zero-order valence-corrected chi connectivity index (χ0v) is 15.6. The van der Waals surface area contributed by atoms with E-state index in [0.29, 0.717) is 30.2 Å². The van der Waals surface area contributed by atoms with Gasteiger partial charge in [0.2, 0.25) is 10.0 Å². The first-order valence-electron chi connectivity index (χ1n) is 8.14. The van der Waals surface area contributed by atoms with Crippen LogP contribution >= 0.6 is 0 Å². The molecule has 1 aromatic rings. The molecular formula is C17H31N3O2S. The smallest absolute Gasteiger partial charge is 0.243 e. The minimum Gasteiger partial charge on any atom is -0.399 e. The van der Waals surface area contributed by atoms with Crippen molar-refractivity contribution in [2.45, 2.75) is 45.4 Å². The molecule has 0 heterocycles. The van der Waals surface area contributed by atoms with Gasteiger partial charge < -0.3 is 11.5 Å². The zero-order valence-electron chi connectivity index (χ0n) is 14.7. The van der Waals surface area contributed by atoms with Crippen molar-refractivity contribution in [2.75, 3.05) is 25.4 Å². The standard InChI is InChI=1S/C17H31N3O2S/c1-14(2)12-20(13-17(3,4)10-5-11-18)23(21,22)16-8-6-15(19)7-9-16/h6-9,14H,5,10-13,18-19H2,1-4H3. The highest BCUT2D eigenvalue weighted by Crippen LogP contribution is 2.28. The predicted octanol–water partition coefficient (Wildman–Crippen LogP) is 2.68. The summed E-state index contributed by atoms with van der Waals surface area (Å²) in [6.07, 6.45) is 1.79. The van der Waals surface area contributed by atoms with Crippen molar-refractivity contribution in [3.05, 3.63) is 24.3 Å². The van der Waals surface area contributed by atoms with Crippen molar-refractivity contribution in [3.8, 4) is 0 Å². The van der Waals surface area contributed by atoms with Crippen molar-refractivity contribution in [3.63, 3.8) is 0 Å². The van der Waals surface area contributed by atoms with E-state index in [9.17, 15) is 8.42 Å². The molecule has 0 radical (unpaired) electrons. The Morgan fingerprint density at radius 1 is 1.17 bits per heavy atom. The van der Waals surface area contributed by atoms with E-state index in [1.165, 1.54) is 0 Å². The van der Waals surface area contributed by atoms with E-state index in [-0.39, 0.29) is 11.3 Å². The van der Waals surface area contributed by atoms with Gasteiger partial charge in [-0.3, -0.25) is 0 Å². The molecule has 1 aromatic carbocycles. The summed E-state index contributed by atoms with van der Waals surface area (Å²) in [6, 6.07) is 6.40. The molecule has 0 aromatic heterocycles. The second kappa shape index (κ2) is 8.13. The second-order valence-corrected chi connectivity index (χ2v) is 9.25. The van der Waals surface area contributed by atoms with Gasteiger partial charge in [-0.25, -0.2) is 8.42 Å². The normalized spacial score (nSPS) is 13.0. The van der Waals surface area contributed by atoms with Crippen molar-refractivity contribution in [2.24, 2.45) is 17.1 Å². The molecule has 0 unspecified atom stereocenters. The van der Waals surface area contributed by atoms with Gasteiger partial charge in [-0.15, -0.1) is 0 Å². The molecule has 0 aliphatic carbocycles. The van der Waals surface area contributed by atoms with E-state index < -0.39 is 10.0 Å². The Balaban J connectivity index is 3.07. The van der Waals surface area contributed by atoms with Gasteiger partial charge in [-0.05, 0) is 55.0 Å². The topological polar surface area (TPSA) is 89.4 Å². The highest BCUT2D eigenvalue weighted by Gasteiger charge is 2.30. The Hall–Kier alpha value is -1.11. The molecule has 23 heavy (non-hydrogen) atoms. The van der Waals surface area contributed by atoms with Gasteiger partial charge in [0.25, 0.3) is 0 Å². The molecule has 0 saturated heterocycles. The molecule has 0 bridgehead atoms. The predicted molar refractivity (Wildman–Crippen MR) is 96.5 cm³/mol. The van der Waals surface area contributed by atoms with E-state index in [1.54, 1.807) is 28.6 Å². The third-order valence-corrected chi connectivity index (χ3v) is 5.57. The maximum Gasteiger partial charge on any atom is 0.243 e. The second-order valence-electron chi connectivity index (χ2n) is 7.32. The van der Waals surface area contributed by atoms with Crippen LogP contribution in [0.1, 0.15) is 40.5 Å². The Labute approximate surface area is 141 Å². The van der Waals surface area contributed by atoms with Gasteiger partial charge >= 0.3 is 0 Å². The lowest BCUT2D eigenvalue weighted by Crippen LogP contribution is -2.41. The summed E-state index contributed by atoms with van der Waals surface area (Å²) in [5.41, 5.74) is 11.7. The fraction of sp³-hybridized carbons (Fsp3) is 0.647. The van der Waals surface area contributed by atoms with Crippen LogP contribution < -0.4 is 11.5 Å². The van der Waals surface area contributed by atoms with Crippen molar-refractivity contribution >= 4 is 15.7 Å². The Bertz CT molecular complexity index is 580. The monoisotopic (exact) mass is 341 g/mol. The Morgan fingerprint density at radius 3 is 2.22 bits per heavy atom. The van der Waals surface area contributed by atoms with Crippen molar-refractivity contribution in [1.82, 2.24) is 4.31 Å². The maximum atomic E-state index is 13.0. The van der Waals surface area contributed by atoms with Crippen LogP contribution in [0.5, 0.6) is 0 Å². The lowest BCUT2D eigenvalue weighted by atomic mass is 9.87. The molecule has 0 saturated carbocycles. The van der Waals surface area contributed by atoms with Gasteiger partial charge in [0.1, 0.15) is 0 Å². The van der Waals surface area contributed by atoms with Crippen molar-refractivity contribution < 1.29 is 8.42 Å². The summed E-state index contributed by atoms with van der Waals surface area (Å²) >= 11 is 0. The van der Waals surface area contributed by atoms with Crippen LogP contribution in [-0.4, -0.2) is 32.4 Å². The number of anilines is 1. The number of sulfonamides is 1. The fourth-order valence-electron chi connectivity index (χ4n) is 2.58. The lowest BCUT2D eigenvalue weighted by Gasteiger charge is -2.33. The Kier molecular flexibility index (Phi) is 7.04. The average molecular weight is 342 g/mol. The van der Waals surface area contributed by atoms with E-state index in [4.69, 9.17) is 11.5 Å². The van der Waals surface area contributed by atoms with Crippen LogP contribution in [0.25, 0.3) is 0 Å². The SMILES string of the molecule is CC(C)CN(CC(C)(C)CCCN)S(=O)(=O)c1ccc(N)cc1. The first kappa shape index (κ1) is 19.9. The molecule has 0 aliphatic heterocycles. The van der Waals surface area contributed by atoms with Crippen LogP contribution in [0.2, 0.25) is 0 Å². The number of nitrogen functional groups attached to an aromatic ring is 1. The number of benzene rings is 1. The van der Waals surface area contributed by atoms with Crippen LogP contribution in [0.15, 0.2) is 29.2 Å². The van der Waals surface area contributed by atoms with Gasteiger partial charge in [0.15, 0.2) is 0 Å². The molecule has 4 N–H and O–H groups in total. The van der Waals surface area contributed by atoms with Gasteiger partial charge in [-0.1, -0.05) is 27.7 Å². The largest absolute Gasteiger partial charge is 0.399 e. The number of rotatable bonds is 9. The molecule has 5 nitrogen and oxygen atoms in total. The van der Waals surface area contributed by atoms with Crippen LogP contribution in [0.3, 0.4) is 0 Å². The minimum absolute atomic E-state index is 0.116. The quantitative estimate of drug-likeness (QED) is 0.676. The van der Waals surface area contributed by atoms with Gasteiger partial charge in [-0.2, -0.15) is 4.31 Å². The van der Waals surface area contributed by atoms with Crippen molar-refractivity contribution in [1.29, 1.82) is 0 Å².